The molecule has 1 aliphatic rings. The quantitative estimate of drug-likeness (QED) is 0.433. The summed E-state index contributed by atoms with van der Waals surface area (Å²) < 4.78 is 5.63. The van der Waals surface area contributed by atoms with Gasteiger partial charge in [-0.3, -0.25) is 4.99 Å². The van der Waals surface area contributed by atoms with Crippen LogP contribution in [0.3, 0.4) is 0 Å². The highest BCUT2D eigenvalue weighted by atomic mass is 32.1. The van der Waals surface area contributed by atoms with Crippen LogP contribution in [0, 0.1) is 5.92 Å². The lowest BCUT2D eigenvalue weighted by molar-refractivity contribution is 0.131. The Hall–Kier alpha value is -1.07. The highest BCUT2D eigenvalue weighted by Gasteiger charge is 2.20. The Kier molecular flexibility index (Phi) is 7.03. The molecule has 0 aromatic carbocycles. The molecule has 5 heteroatoms. The van der Waals surface area contributed by atoms with Gasteiger partial charge >= 0.3 is 0 Å². The molecular weight excluding hydrogens is 282 g/mol. The third-order valence-corrected chi connectivity index (χ3v) is 4.45. The predicted molar refractivity (Wildman–Crippen MR) is 90.2 cm³/mol. The number of ether oxygens (including phenoxy) is 1. The zero-order valence-electron chi connectivity index (χ0n) is 13.2. The summed E-state index contributed by atoms with van der Waals surface area (Å²) in [5.41, 5.74) is 0. The summed E-state index contributed by atoms with van der Waals surface area (Å²) in [6.07, 6.45) is 3.76. The summed E-state index contributed by atoms with van der Waals surface area (Å²) in [5, 5.41) is 5.48. The second-order valence-corrected chi connectivity index (χ2v) is 6.54. The fraction of sp³-hybridized carbons (Fsp3) is 0.688. The van der Waals surface area contributed by atoms with Crippen LogP contribution < -0.4 is 5.32 Å². The van der Waals surface area contributed by atoms with E-state index in [4.69, 9.17) is 4.74 Å². The van der Waals surface area contributed by atoms with Gasteiger partial charge in [0.2, 0.25) is 0 Å². The molecule has 0 aliphatic heterocycles. The van der Waals surface area contributed by atoms with Gasteiger partial charge in [0.15, 0.2) is 5.96 Å². The van der Waals surface area contributed by atoms with Crippen LogP contribution in [0.2, 0.25) is 0 Å². The highest BCUT2D eigenvalue weighted by Crippen LogP contribution is 2.28. The van der Waals surface area contributed by atoms with E-state index < -0.39 is 0 Å². The van der Waals surface area contributed by atoms with Crippen LogP contribution in [-0.4, -0.2) is 50.8 Å². The Morgan fingerprint density at radius 2 is 2.38 bits per heavy atom. The molecule has 21 heavy (non-hydrogen) atoms. The van der Waals surface area contributed by atoms with Gasteiger partial charge in [-0.1, -0.05) is 6.07 Å². The minimum absolute atomic E-state index is 0.726. The molecule has 1 N–H and O–H groups in total. The lowest BCUT2D eigenvalue weighted by atomic mass is 10.3. The van der Waals surface area contributed by atoms with Crippen LogP contribution in [0.15, 0.2) is 22.5 Å². The Balaban J connectivity index is 1.69. The predicted octanol–water partition coefficient (Wildman–Crippen LogP) is 2.61. The highest BCUT2D eigenvalue weighted by molar-refractivity contribution is 7.09. The van der Waals surface area contributed by atoms with Gasteiger partial charge in [0, 0.05) is 31.6 Å². The lowest BCUT2D eigenvalue weighted by Crippen LogP contribution is -2.40. The smallest absolute Gasteiger partial charge is 0.193 e. The summed E-state index contributed by atoms with van der Waals surface area (Å²) in [6, 6.07) is 4.30. The molecule has 1 aromatic heterocycles. The molecule has 118 valence electrons. The number of rotatable bonds is 9. The molecule has 0 bridgehead atoms. The van der Waals surface area contributed by atoms with E-state index in [1.807, 2.05) is 11.3 Å². The van der Waals surface area contributed by atoms with Crippen molar-refractivity contribution in [3.05, 3.63) is 22.4 Å². The van der Waals surface area contributed by atoms with Crippen molar-refractivity contribution >= 4 is 17.3 Å². The number of nitrogens with zero attached hydrogens (tertiary/aromatic N) is 2. The first-order valence-corrected chi connectivity index (χ1v) is 8.77. The molecule has 1 heterocycles. The first-order chi connectivity index (χ1) is 10.3. The Morgan fingerprint density at radius 1 is 1.52 bits per heavy atom. The molecule has 2 rings (SSSR count). The Morgan fingerprint density at radius 3 is 3.05 bits per heavy atom. The van der Waals surface area contributed by atoms with Crippen molar-refractivity contribution in [3.63, 3.8) is 0 Å². The summed E-state index contributed by atoms with van der Waals surface area (Å²) in [4.78, 5) is 8.26. The molecular formula is C16H27N3OS. The van der Waals surface area contributed by atoms with E-state index in [1.54, 1.807) is 0 Å². The monoisotopic (exact) mass is 309 g/mol. The molecule has 0 radical (unpaired) electrons. The van der Waals surface area contributed by atoms with E-state index in [1.165, 1.54) is 17.7 Å². The topological polar surface area (TPSA) is 36.9 Å². The van der Waals surface area contributed by atoms with Crippen molar-refractivity contribution < 1.29 is 4.74 Å². The van der Waals surface area contributed by atoms with Gasteiger partial charge in [0.25, 0.3) is 0 Å². The average Bonchev–Trinajstić information content (AvgIpc) is 3.16. The van der Waals surface area contributed by atoms with E-state index in [2.05, 4.69) is 46.7 Å². The normalized spacial score (nSPS) is 15.2. The second-order valence-electron chi connectivity index (χ2n) is 5.50. The van der Waals surface area contributed by atoms with Crippen molar-refractivity contribution in [2.75, 3.05) is 39.9 Å². The Bertz CT molecular complexity index is 415. The van der Waals surface area contributed by atoms with Gasteiger partial charge in [-0.2, -0.15) is 0 Å². The zero-order valence-corrected chi connectivity index (χ0v) is 14.0. The maximum absolute atomic E-state index is 5.63. The number of aliphatic imine (C=N–C) groups is 1. The van der Waals surface area contributed by atoms with E-state index in [-0.39, 0.29) is 0 Å². The van der Waals surface area contributed by atoms with Crippen LogP contribution in [0.1, 0.15) is 24.6 Å². The van der Waals surface area contributed by atoms with Gasteiger partial charge < -0.3 is 15.0 Å². The number of nitrogens with one attached hydrogen (secondary N) is 1. The molecule has 0 unspecified atom stereocenters. The van der Waals surface area contributed by atoms with Crippen molar-refractivity contribution in [3.8, 4) is 0 Å². The molecule has 0 saturated heterocycles. The number of guanidine groups is 1. The SMILES string of the molecule is CCNC(=NCCOCC1CC1)N(C)CCc1cccs1. The van der Waals surface area contributed by atoms with Gasteiger partial charge in [-0.15, -0.1) is 11.3 Å². The lowest BCUT2D eigenvalue weighted by Gasteiger charge is -2.21. The third-order valence-electron chi connectivity index (χ3n) is 3.52. The average molecular weight is 309 g/mol. The molecule has 4 nitrogen and oxygen atoms in total. The van der Waals surface area contributed by atoms with Crippen LogP contribution in [0.5, 0.6) is 0 Å². The van der Waals surface area contributed by atoms with E-state index in [0.29, 0.717) is 0 Å². The van der Waals surface area contributed by atoms with Crippen LogP contribution in [-0.2, 0) is 11.2 Å². The summed E-state index contributed by atoms with van der Waals surface area (Å²) in [7, 11) is 2.10. The Labute approximate surface area is 132 Å². The molecule has 1 fully saturated rings. The van der Waals surface area contributed by atoms with Crippen molar-refractivity contribution in [2.24, 2.45) is 10.9 Å². The van der Waals surface area contributed by atoms with E-state index in [9.17, 15) is 0 Å². The largest absolute Gasteiger partial charge is 0.379 e. The summed E-state index contributed by atoms with van der Waals surface area (Å²) in [6.45, 7) is 6.36. The molecule has 1 saturated carbocycles. The number of hydrogen-bond acceptors (Lipinski definition) is 3. The van der Waals surface area contributed by atoms with Crippen molar-refractivity contribution in [1.29, 1.82) is 0 Å². The number of hydrogen-bond donors (Lipinski definition) is 1. The molecule has 1 aliphatic carbocycles. The van der Waals surface area contributed by atoms with Crippen LogP contribution in [0.4, 0.5) is 0 Å². The van der Waals surface area contributed by atoms with Crippen molar-refractivity contribution in [2.45, 2.75) is 26.2 Å². The molecule has 1 aromatic rings. The third kappa shape index (κ3) is 6.48. The fourth-order valence-corrected chi connectivity index (χ4v) is 2.76. The summed E-state index contributed by atoms with van der Waals surface area (Å²) in [5.74, 6) is 1.81. The first kappa shape index (κ1) is 16.3. The minimum atomic E-state index is 0.726. The molecule has 0 atom stereocenters. The second kappa shape index (κ2) is 9.05. The maximum atomic E-state index is 5.63. The van der Waals surface area contributed by atoms with Gasteiger partial charge in [-0.25, -0.2) is 0 Å². The molecule has 0 amide bonds. The zero-order chi connectivity index (χ0) is 14.9. The maximum Gasteiger partial charge on any atom is 0.193 e. The fourth-order valence-electron chi connectivity index (χ4n) is 2.06. The van der Waals surface area contributed by atoms with Gasteiger partial charge in [0.1, 0.15) is 0 Å². The first-order valence-electron chi connectivity index (χ1n) is 7.89. The van der Waals surface area contributed by atoms with Crippen LogP contribution >= 0.6 is 11.3 Å². The van der Waals surface area contributed by atoms with Crippen LogP contribution in [0.25, 0.3) is 0 Å². The standard InChI is InChI=1S/C16H27N3OS/c1-3-17-16(18-9-11-20-13-14-6-7-14)19(2)10-8-15-5-4-12-21-15/h4-5,12,14H,3,6-11,13H2,1-2H3,(H,17,18). The van der Waals surface area contributed by atoms with Crippen molar-refractivity contribution in [1.82, 2.24) is 10.2 Å². The van der Waals surface area contributed by atoms with E-state index >= 15 is 0 Å². The molecule has 0 spiro atoms. The number of thiophene rings is 1. The summed E-state index contributed by atoms with van der Waals surface area (Å²) >= 11 is 1.82. The number of likely N-dealkylation sites (N-methyl/N-ethyl adjacent to an activating group) is 1. The van der Waals surface area contributed by atoms with E-state index in [0.717, 1.165) is 51.1 Å². The minimum Gasteiger partial charge on any atom is -0.379 e. The van der Waals surface area contributed by atoms with Gasteiger partial charge in [-0.05, 0) is 43.6 Å². The van der Waals surface area contributed by atoms with Gasteiger partial charge in [0.05, 0.1) is 13.2 Å².